The highest BCUT2D eigenvalue weighted by molar-refractivity contribution is 5.77. The molecule has 0 unspecified atom stereocenters. The molecule has 0 aliphatic carbocycles. The SMILES string of the molecule is CCCCCCCCCCCCCCCCNc1ncnc(N2CCCc3ccccc32)c1[N+](=O)[O-]. The maximum Gasteiger partial charge on any atom is 0.353 e. The van der Waals surface area contributed by atoms with Crippen molar-refractivity contribution in [2.75, 3.05) is 23.3 Å². The second-order valence-electron chi connectivity index (χ2n) is 10.1. The summed E-state index contributed by atoms with van der Waals surface area (Å²) in [5.74, 6) is 0.702. The van der Waals surface area contributed by atoms with Crippen LogP contribution < -0.4 is 10.2 Å². The molecule has 36 heavy (non-hydrogen) atoms. The fourth-order valence-electron chi connectivity index (χ4n) is 5.14. The van der Waals surface area contributed by atoms with Crippen molar-refractivity contribution in [1.82, 2.24) is 9.97 Å². The third-order valence-electron chi connectivity index (χ3n) is 7.17. The largest absolute Gasteiger partial charge is 0.364 e. The molecule has 1 aromatic heterocycles. The maximum atomic E-state index is 12.0. The van der Waals surface area contributed by atoms with Crippen LogP contribution in [-0.4, -0.2) is 28.0 Å². The highest BCUT2D eigenvalue weighted by Gasteiger charge is 2.30. The zero-order chi connectivity index (χ0) is 25.4. The smallest absolute Gasteiger partial charge is 0.353 e. The number of nitro groups is 1. The van der Waals surface area contributed by atoms with E-state index in [1.54, 1.807) is 0 Å². The first-order valence-corrected chi connectivity index (χ1v) is 14.3. The number of para-hydroxylation sites is 1. The molecule has 1 N–H and O–H groups in total. The topological polar surface area (TPSA) is 84.2 Å². The normalized spacial score (nSPS) is 13.0. The van der Waals surface area contributed by atoms with Gasteiger partial charge in [-0.05, 0) is 30.9 Å². The van der Waals surface area contributed by atoms with E-state index in [0.29, 0.717) is 24.7 Å². The summed E-state index contributed by atoms with van der Waals surface area (Å²) in [4.78, 5) is 22.2. The molecule has 1 aliphatic heterocycles. The van der Waals surface area contributed by atoms with Crippen molar-refractivity contribution in [3.05, 3.63) is 46.3 Å². The molecule has 0 spiro atoms. The van der Waals surface area contributed by atoms with Gasteiger partial charge in [-0.2, -0.15) is 0 Å². The van der Waals surface area contributed by atoms with Crippen LogP contribution in [0.3, 0.4) is 0 Å². The van der Waals surface area contributed by atoms with E-state index < -0.39 is 0 Å². The van der Waals surface area contributed by atoms with Crippen LogP contribution in [0.25, 0.3) is 0 Å². The van der Waals surface area contributed by atoms with Gasteiger partial charge in [0, 0.05) is 18.8 Å². The summed E-state index contributed by atoms with van der Waals surface area (Å²) in [5.41, 5.74) is 2.18. The molecule has 0 bridgehead atoms. The summed E-state index contributed by atoms with van der Waals surface area (Å²) in [6.45, 7) is 3.67. The number of hydrogen-bond donors (Lipinski definition) is 1. The monoisotopic (exact) mass is 495 g/mol. The van der Waals surface area contributed by atoms with Crippen molar-refractivity contribution < 1.29 is 4.92 Å². The minimum atomic E-state index is -0.347. The van der Waals surface area contributed by atoms with Crippen molar-refractivity contribution in [3.63, 3.8) is 0 Å². The van der Waals surface area contributed by atoms with Crippen LogP contribution in [0, 0.1) is 10.1 Å². The standard InChI is InChI=1S/C29H45N5O2/c1-2-3-4-5-6-7-8-9-10-11-12-13-14-17-22-30-28-27(34(35)36)29(32-24-31-28)33-23-18-20-25-19-15-16-21-26(25)33/h15-16,19,21,24H,2-14,17-18,20,22-23H2,1H3,(H,30,31,32). The number of hydrogen-bond acceptors (Lipinski definition) is 6. The van der Waals surface area contributed by atoms with Crippen LogP contribution in [0.2, 0.25) is 0 Å². The van der Waals surface area contributed by atoms with Crippen LogP contribution in [-0.2, 0) is 6.42 Å². The van der Waals surface area contributed by atoms with Crippen molar-refractivity contribution in [1.29, 1.82) is 0 Å². The first kappa shape index (κ1) is 27.9. The zero-order valence-electron chi connectivity index (χ0n) is 22.2. The Hall–Kier alpha value is -2.70. The molecule has 0 saturated heterocycles. The Morgan fingerprint density at radius 1 is 0.889 bits per heavy atom. The Morgan fingerprint density at radius 2 is 1.50 bits per heavy atom. The lowest BCUT2D eigenvalue weighted by molar-refractivity contribution is -0.383. The summed E-state index contributed by atoms with van der Waals surface area (Å²) >= 11 is 0. The average molecular weight is 496 g/mol. The number of unbranched alkanes of at least 4 members (excludes halogenated alkanes) is 13. The van der Waals surface area contributed by atoms with E-state index in [-0.39, 0.29) is 10.6 Å². The van der Waals surface area contributed by atoms with E-state index in [1.807, 2.05) is 23.1 Å². The molecule has 1 aromatic carbocycles. The minimum Gasteiger partial charge on any atom is -0.364 e. The first-order valence-electron chi connectivity index (χ1n) is 14.3. The van der Waals surface area contributed by atoms with Crippen molar-refractivity contribution in [2.24, 2.45) is 0 Å². The lowest BCUT2D eigenvalue weighted by Gasteiger charge is -2.30. The number of benzene rings is 1. The van der Waals surface area contributed by atoms with E-state index in [9.17, 15) is 10.1 Å². The van der Waals surface area contributed by atoms with E-state index in [2.05, 4.69) is 28.3 Å². The van der Waals surface area contributed by atoms with E-state index in [0.717, 1.165) is 31.4 Å². The fraction of sp³-hybridized carbons (Fsp3) is 0.655. The Labute approximate surface area is 217 Å². The molecule has 2 aromatic rings. The molecule has 3 rings (SSSR count). The minimum absolute atomic E-state index is 0.0282. The summed E-state index contributed by atoms with van der Waals surface area (Å²) < 4.78 is 0. The van der Waals surface area contributed by atoms with Crippen LogP contribution in [0.4, 0.5) is 23.0 Å². The van der Waals surface area contributed by atoms with Crippen molar-refractivity contribution in [3.8, 4) is 0 Å². The van der Waals surface area contributed by atoms with Gasteiger partial charge >= 0.3 is 5.69 Å². The fourth-order valence-corrected chi connectivity index (χ4v) is 5.14. The van der Waals surface area contributed by atoms with Gasteiger partial charge in [0.15, 0.2) is 0 Å². The van der Waals surface area contributed by atoms with Gasteiger partial charge in [-0.3, -0.25) is 10.1 Å². The van der Waals surface area contributed by atoms with Crippen LogP contribution in [0.5, 0.6) is 0 Å². The lowest BCUT2D eigenvalue weighted by Crippen LogP contribution is -2.26. The molecule has 0 fully saturated rings. The molecule has 0 radical (unpaired) electrons. The van der Waals surface area contributed by atoms with E-state index in [4.69, 9.17) is 0 Å². The molecular formula is C29H45N5O2. The molecule has 198 valence electrons. The zero-order valence-corrected chi connectivity index (χ0v) is 22.2. The Morgan fingerprint density at radius 3 is 2.14 bits per heavy atom. The number of nitrogens with zero attached hydrogens (tertiary/aromatic N) is 4. The van der Waals surface area contributed by atoms with Crippen molar-refractivity contribution in [2.45, 2.75) is 110 Å². The highest BCUT2D eigenvalue weighted by atomic mass is 16.6. The number of aryl methyl sites for hydroxylation is 1. The summed E-state index contributed by atoms with van der Waals surface area (Å²) in [6, 6.07) is 8.09. The van der Waals surface area contributed by atoms with Crippen LogP contribution >= 0.6 is 0 Å². The number of nitrogens with one attached hydrogen (secondary N) is 1. The van der Waals surface area contributed by atoms with E-state index in [1.165, 1.54) is 88.9 Å². The molecule has 2 heterocycles. The molecule has 0 amide bonds. The average Bonchev–Trinajstić information content (AvgIpc) is 2.90. The molecule has 1 aliphatic rings. The van der Waals surface area contributed by atoms with Gasteiger partial charge in [0.25, 0.3) is 0 Å². The Kier molecular flexibility index (Phi) is 12.5. The summed E-state index contributed by atoms with van der Waals surface area (Å²) in [7, 11) is 0. The van der Waals surface area contributed by atoms with Gasteiger partial charge < -0.3 is 10.2 Å². The number of anilines is 3. The number of fused-ring (bicyclic) bond motifs is 1. The first-order chi connectivity index (χ1) is 17.7. The lowest BCUT2D eigenvalue weighted by atomic mass is 10.0. The number of aromatic nitrogens is 2. The van der Waals surface area contributed by atoms with E-state index >= 15 is 0 Å². The second kappa shape index (κ2) is 16.1. The maximum absolute atomic E-state index is 12.0. The van der Waals surface area contributed by atoms with Gasteiger partial charge in [-0.15, -0.1) is 0 Å². The molecule has 0 atom stereocenters. The Bertz CT molecular complexity index is 920. The second-order valence-corrected chi connectivity index (χ2v) is 10.1. The predicted octanol–water partition coefficient (Wildman–Crippen LogP) is 8.36. The highest BCUT2D eigenvalue weighted by Crippen LogP contribution is 2.39. The molecule has 7 nitrogen and oxygen atoms in total. The third-order valence-corrected chi connectivity index (χ3v) is 7.17. The summed E-state index contributed by atoms with van der Waals surface area (Å²) in [5, 5.41) is 15.2. The van der Waals surface area contributed by atoms with Gasteiger partial charge in [0.2, 0.25) is 11.6 Å². The van der Waals surface area contributed by atoms with Gasteiger partial charge in [-0.1, -0.05) is 109 Å². The molecular weight excluding hydrogens is 450 g/mol. The quantitative estimate of drug-likeness (QED) is 0.127. The predicted molar refractivity (Wildman–Crippen MR) is 149 cm³/mol. The van der Waals surface area contributed by atoms with Gasteiger partial charge in [0.05, 0.1) is 4.92 Å². The van der Waals surface area contributed by atoms with Crippen molar-refractivity contribution >= 4 is 23.0 Å². The van der Waals surface area contributed by atoms with Crippen LogP contribution in [0.15, 0.2) is 30.6 Å². The van der Waals surface area contributed by atoms with Crippen LogP contribution in [0.1, 0.15) is 109 Å². The molecule has 7 heteroatoms. The van der Waals surface area contributed by atoms with Gasteiger partial charge in [-0.25, -0.2) is 9.97 Å². The Balaban J connectivity index is 1.36. The summed E-state index contributed by atoms with van der Waals surface area (Å²) in [6.07, 6.45) is 21.8. The third kappa shape index (κ3) is 8.75. The van der Waals surface area contributed by atoms with Gasteiger partial charge in [0.1, 0.15) is 6.33 Å². The number of rotatable bonds is 18. The molecule has 0 saturated carbocycles.